The maximum atomic E-state index is 5.63. The van der Waals surface area contributed by atoms with Gasteiger partial charge in [-0.3, -0.25) is 0 Å². The average Bonchev–Trinajstić information content (AvgIpc) is 2.21. The van der Waals surface area contributed by atoms with Gasteiger partial charge in [-0.1, -0.05) is 6.92 Å². The van der Waals surface area contributed by atoms with Crippen molar-refractivity contribution in [3.05, 3.63) is 17.8 Å². The Morgan fingerprint density at radius 3 is 2.93 bits per heavy atom. The standard InChI is InChI=1S/C11H19N3S/c1-8-6-10(12)7-14-11(8)13-5-4-9(2)15-3/h6-7,9H,4-5,12H2,1-3H3,(H,13,14). The normalized spacial score (nSPS) is 12.5. The molecule has 0 aromatic carbocycles. The quantitative estimate of drug-likeness (QED) is 0.808. The maximum Gasteiger partial charge on any atom is 0.128 e. The minimum Gasteiger partial charge on any atom is -0.397 e. The van der Waals surface area contributed by atoms with Gasteiger partial charge in [0, 0.05) is 11.8 Å². The smallest absolute Gasteiger partial charge is 0.128 e. The molecule has 3 nitrogen and oxygen atoms in total. The summed E-state index contributed by atoms with van der Waals surface area (Å²) in [4.78, 5) is 4.26. The van der Waals surface area contributed by atoms with Crippen LogP contribution < -0.4 is 11.1 Å². The van der Waals surface area contributed by atoms with Crippen LogP contribution in [-0.2, 0) is 0 Å². The van der Waals surface area contributed by atoms with Crippen LogP contribution in [0.1, 0.15) is 18.9 Å². The summed E-state index contributed by atoms with van der Waals surface area (Å²) < 4.78 is 0. The van der Waals surface area contributed by atoms with E-state index < -0.39 is 0 Å². The minimum absolute atomic E-state index is 0.687. The second-order valence-corrected chi connectivity index (χ2v) is 4.97. The molecule has 1 rings (SSSR count). The van der Waals surface area contributed by atoms with Gasteiger partial charge in [-0.15, -0.1) is 0 Å². The van der Waals surface area contributed by atoms with Gasteiger partial charge in [-0.05, 0) is 31.2 Å². The van der Waals surface area contributed by atoms with Gasteiger partial charge in [0.05, 0.1) is 11.9 Å². The zero-order chi connectivity index (χ0) is 11.3. The highest BCUT2D eigenvalue weighted by Gasteiger charge is 2.01. The van der Waals surface area contributed by atoms with Crippen molar-refractivity contribution in [1.82, 2.24) is 4.98 Å². The number of thioether (sulfide) groups is 1. The molecule has 0 saturated carbocycles. The number of nitrogen functional groups attached to an aromatic ring is 1. The third-order valence-electron chi connectivity index (χ3n) is 2.35. The summed E-state index contributed by atoms with van der Waals surface area (Å²) in [6.07, 6.45) is 4.97. The average molecular weight is 225 g/mol. The van der Waals surface area contributed by atoms with Crippen molar-refractivity contribution in [3.8, 4) is 0 Å². The molecule has 1 atom stereocenters. The zero-order valence-corrected chi connectivity index (χ0v) is 10.4. The van der Waals surface area contributed by atoms with Crippen molar-refractivity contribution >= 4 is 23.3 Å². The summed E-state index contributed by atoms with van der Waals surface area (Å²) >= 11 is 1.89. The SMILES string of the molecule is CSC(C)CCNc1ncc(N)cc1C. The highest BCUT2D eigenvalue weighted by atomic mass is 32.2. The first-order chi connectivity index (χ1) is 7.13. The number of aromatic nitrogens is 1. The Balaban J connectivity index is 2.44. The fourth-order valence-electron chi connectivity index (χ4n) is 1.29. The molecular weight excluding hydrogens is 206 g/mol. The lowest BCUT2D eigenvalue weighted by molar-refractivity contribution is 0.849. The van der Waals surface area contributed by atoms with E-state index in [-0.39, 0.29) is 0 Å². The number of aryl methyl sites for hydroxylation is 1. The molecule has 15 heavy (non-hydrogen) atoms. The van der Waals surface area contributed by atoms with Crippen LogP contribution in [-0.4, -0.2) is 23.0 Å². The van der Waals surface area contributed by atoms with Crippen LogP contribution in [0.15, 0.2) is 12.3 Å². The first-order valence-electron chi connectivity index (χ1n) is 5.12. The van der Waals surface area contributed by atoms with Crippen molar-refractivity contribution < 1.29 is 0 Å². The second kappa shape index (κ2) is 5.85. The molecule has 0 saturated heterocycles. The third kappa shape index (κ3) is 4.00. The maximum absolute atomic E-state index is 5.63. The fraction of sp³-hybridized carbons (Fsp3) is 0.545. The van der Waals surface area contributed by atoms with Gasteiger partial charge in [-0.2, -0.15) is 11.8 Å². The Hall–Kier alpha value is -0.900. The molecule has 0 radical (unpaired) electrons. The Morgan fingerprint density at radius 2 is 2.33 bits per heavy atom. The van der Waals surface area contributed by atoms with Gasteiger partial charge in [0.25, 0.3) is 0 Å². The number of nitrogens with two attached hydrogens (primary N) is 1. The van der Waals surface area contributed by atoms with E-state index in [1.165, 1.54) is 0 Å². The number of rotatable bonds is 5. The molecule has 0 aliphatic rings. The molecule has 0 aliphatic heterocycles. The van der Waals surface area contributed by atoms with Gasteiger partial charge < -0.3 is 11.1 Å². The van der Waals surface area contributed by atoms with Crippen molar-refractivity contribution in [1.29, 1.82) is 0 Å². The van der Waals surface area contributed by atoms with E-state index in [0.29, 0.717) is 5.25 Å². The van der Waals surface area contributed by atoms with Crippen LogP contribution in [0.3, 0.4) is 0 Å². The molecule has 1 aromatic heterocycles. The van der Waals surface area contributed by atoms with E-state index >= 15 is 0 Å². The molecule has 3 N–H and O–H groups in total. The molecule has 4 heteroatoms. The van der Waals surface area contributed by atoms with Crippen molar-refractivity contribution in [2.45, 2.75) is 25.5 Å². The van der Waals surface area contributed by atoms with Crippen molar-refractivity contribution in [2.75, 3.05) is 23.9 Å². The number of nitrogens with one attached hydrogen (secondary N) is 1. The Bertz CT molecular complexity index is 315. The van der Waals surface area contributed by atoms with Crippen molar-refractivity contribution in [2.24, 2.45) is 0 Å². The number of nitrogens with zero attached hydrogens (tertiary/aromatic N) is 1. The lowest BCUT2D eigenvalue weighted by Gasteiger charge is -2.11. The van der Waals surface area contributed by atoms with Crippen LogP contribution >= 0.6 is 11.8 Å². The molecule has 1 aromatic rings. The highest BCUT2D eigenvalue weighted by Crippen LogP contribution is 2.15. The van der Waals surface area contributed by atoms with Gasteiger partial charge in [-0.25, -0.2) is 4.98 Å². The summed E-state index contributed by atoms with van der Waals surface area (Å²) in [5.41, 5.74) is 7.45. The van der Waals surface area contributed by atoms with Crippen LogP contribution in [0.2, 0.25) is 0 Å². The summed E-state index contributed by atoms with van der Waals surface area (Å²) in [6, 6.07) is 1.94. The van der Waals surface area contributed by atoms with Crippen LogP contribution in [0, 0.1) is 6.92 Å². The Kier molecular flexibility index (Phi) is 4.75. The molecule has 0 bridgehead atoms. The predicted octanol–water partition coefficient (Wildman–Crippen LogP) is 2.53. The summed E-state index contributed by atoms with van der Waals surface area (Å²) in [5.74, 6) is 0.942. The molecule has 1 heterocycles. The first kappa shape index (κ1) is 12.2. The Morgan fingerprint density at radius 1 is 1.60 bits per heavy atom. The van der Waals surface area contributed by atoms with E-state index in [2.05, 4.69) is 23.5 Å². The molecule has 1 unspecified atom stereocenters. The number of pyridine rings is 1. The summed E-state index contributed by atoms with van der Waals surface area (Å²) in [7, 11) is 0. The number of hydrogen-bond acceptors (Lipinski definition) is 4. The zero-order valence-electron chi connectivity index (χ0n) is 9.58. The first-order valence-corrected chi connectivity index (χ1v) is 6.41. The van der Waals surface area contributed by atoms with Gasteiger partial charge in [0.15, 0.2) is 0 Å². The lowest BCUT2D eigenvalue weighted by atomic mass is 10.2. The Labute approximate surface area is 95.9 Å². The van der Waals surface area contributed by atoms with Crippen LogP contribution in [0.4, 0.5) is 11.5 Å². The molecule has 0 amide bonds. The van der Waals surface area contributed by atoms with Gasteiger partial charge in [0.1, 0.15) is 5.82 Å². The van der Waals surface area contributed by atoms with Crippen molar-refractivity contribution in [3.63, 3.8) is 0 Å². The van der Waals surface area contributed by atoms with Gasteiger partial charge >= 0.3 is 0 Å². The van der Waals surface area contributed by atoms with Gasteiger partial charge in [0.2, 0.25) is 0 Å². The monoisotopic (exact) mass is 225 g/mol. The largest absolute Gasteiger partial charge is 0.397 e. The van der Waals surface area contributed by atoms with Crippen LogP contribution in [0.25, 0.3) is 0 Å². The topological polar surface area (TPSA) is 50.9 Å². The van der Waals surface area contributed by atoms with E-state index in [9.17, 15) is 0 Å². The predicted molar refractivity (Wildman–Crippen MR) is 69.5 cm³/mol. The van der Waals surface area contributed by atoms with E-state index in [1.54, 1.807) is 6.20 Å². The highest BCUT2D eigenvalue weighted by molar-refractivity contribution is 7.99. The summed E-state index contributed by atoms with van der Waals surface area (Å²) in [5, 5.41) is 4.01. The van der Waals surface area contributed by atoms with Crippen LogP contribution in [0.5, 0.6) is 0 Å². The third-order valence-corrected chi connectivity index (χ3v) is 3.39. The summed E-state index contributed by atoms with van der Waals surface area (Å²) in [6.45, 7) is 5.21. The van der Waals surface area contributed by atoms with E-state index in [0.717, 1.165) is 30.0 Å². The van der Waals surface area contributed by atoms with E-state index in [4.69, 9.17) is 5.73 Å². The van der Waals surface area contributed by atoms with E-state index in [1.807, 2.05) is 24.8 Å². The lowest BCUT2D eigenvalue weighted by Crippen LogP contribution is -2.09. The molecule has 0 aliphatic carbocycles. The molecule has 0 spiro atoms. The number of anilines is 2. The second-order valence-electron chi connectivity index (χ2n) is 3.70. The molecule has 0 fully saturated rings. The molecule has 84 valence electrons. The fourth-order valence-corrected chi connectivity index (χ4v) is 1.65. The molecular formula is C11H19N3S. The number of hydrogen-bond donors (Lipinski definition) is 2. The minimum atomic E-state index is 0.687.